The molecule has 0 spiro atoms. The van der Waals surface area contributed by atoms with Crippen LogP contribution >= 0.6 is 11.6 Å². The molecule has 2 aromatic carbocycles. The largest absolute Gasteiger partial charge is 0.492 e. The summed E-state index contributed by atoms with van der Waals surface area (Å²) in [5.41, 5.74) is 2.90. The summed E-state index contributed by atoms with van der Waals surface area (Å²) in [5.74, 6) is 0.704. The molecule has 0 saturated heterocycles. The zero-order valence-electron chi connectivity index (χ0n) is 13.2. The van der Waals surface area contributed by atoms with Crippen LogP contribution in [0.25, 0.3) is 0 Å². The maximum Gasteiger partial charge on any atom is 0.215 e. The average molecular weight is 354 g/mol. The molecular formula is C17H20ClNO3S. The first-order valence-corrected chi connectivity index (χ1v) is 9.31. The third kappa shape index (κ3) is 5.53. The van der Waals surface area contributed by atoms with Gasteiger partial charge in [-0.2, -0.15) is 0 Å². The monoisotopic (exact) mass is 353 g/mol. The zero-order chi connectivity index (χ0) is 16.9. The van der Waals surface area contributed by atoms with Crippen molar-refractivity contribution in [1.29, 1.82) is 0 Å². The standard InChI is InChI=1S/C17H20ClNO3S/c1-13-4-3-5-17(14(13)2)22-11-10-19-23(20,21)12-15-6-8-16(18)9-7-15/h3-9,19H,10-12H2,1-2H3. The van der Waals surface area contributed by atoms with Crippen LogP contribution in [0, 0.1) is 13.8 Å². The van der Waals surface area contributed by atoms with Gasteiger partial charge in [-0.05, 0) is 48.7 Å². The van der Waals surface area contributed by atoms with E-state index in [2.05, 4.69) is 4.72 Å². The molecule has 0 amide bonds. The molecule has 0 saturated carbocycles. The number of nitrogens with one attached hydrogen (secondary N) is 1. The molecule has 0 heterocycles. The van der Waals surface area contributed by atoms with Crippen molar-refractivity contribution in [3.05, 3.63) is 64.2 Å². The fraction of sp³-hybridized carbons (Fsp3) is 0.294. The summed E-state index contributed by atoms with van der Waals surface area (Å²) in [5, 5.41) is 0.584. The van der Waals surface area contributed by atoms with E-state index in [1.807, 2.05) is 32.0 Å². The van der Waals surface area contributed by atoms with Crippen LogP contribution in [0.4, 0.5) is 0 Å². The van der Waals surface area contributed by atoms with E-state index in [1.165, 1.54) is 0 Å². The normalized spacial score (nSPS) is 11.4. The Morgan fingerprint density at radius 2 is 1.78 bits per heavy atom. The lowest BCUT2D eigenvalue weighted by molar-refractivity contribution is 0.320. The third-order valence-corrected chi connectivity index (χ3v) is 5.12. The lowest BCUT2D eigenvalue weighted by Gasteiger charge is -2.11. The second kappa shape index (κ2) is 7.81. The second-order valence-electron chi connectivity index (χ2n) is 5.33. The summed E-state index contributed by atoms with van der Waals surface area (Å²) in [6.45, 7) is 4.50. The topological polar surface area (TPSA) is 55.4 Å². The summed E-state index contributed by atoms with van der Waals surface area (Å²) in [6, 6.07) is 12.6. The predicted octanol–water partition coefficient (Wildman–Crippen LogP) is 3.46. The summed E-state index contributed by atoms with van der Waals surface area (Å²) in [4.78, 5) is 0. The molecule has 2 rings (SSSR count). The third-order valence-electron chi connectivity index (χ3n) is 3.51. The minimum Gasteiger partial charge on any atom is -0.492 e. The van der Waals surface area contributed by atoms with Crippen LogP contribution in [0.3, 0.4) is 0 Å². The Morgan fingerprint density at radius 3 is 2.48 bits per heavy atom. The van der Waals surface area contributed by atoms with Gasteiger partial charge in [-0.25, -0.2) is 13.1 Å². The van der Waals surface area contributed by atoms with Gasteiger partial charge in [0, 0.05) is 11.6 Å². The summed E-state index contributed by atoms with van der Waals surface area (Å²) >= 11 is 5.79. The van der Waals surface area contributed by atoms with Crippen LogP contribution in [0.1, 0.15) is 16.7 Å². The predicted molar refractivity (Wildman–Crippen MR) is 93.5 cm³/mol. The molecule has 2 aromatic rings. The lowest BCUT2D eigenvalue weighted by atomic mass is 10.1. The van der Waals surface area contributed by atoms with Crippen molar-refractivity contribution in [2.24, 2.45) is 0 Å². The summed E-state index contributed by atoms with van der Waals surface area (Å²) < 4.78 is 32.2. The zero-order valence-corrected chi connectivity index (χ0v) is 14.7. The van der Waals surface area contributed by atoms with E-state index in [9.17, 15) is 8.42 Å². The molecule has 0 aromatic heterocycles. The Morgan fingerprint density at radius 1 is 1.09 bits per heavy atom. The van der Waals surface area contributed by atoms with E-state index in [1.54, 1.807) is 24.3 Å². The molecule has 1 N–H and O–H groups in total. The van der Waals surface area contributed by atoms with Crippen LogP contribution in [0.5, 0.6) is 5.75 Å². The molecule has 0 aliphatic heterocycles. The highest BCUT2D eigenvalue weighted by Crippen LogP contribution is 2.20. The van der Waals surface area contributed by atoms with Crippen molar-refractivity contribution in [3.8, 4) is 5.75 Å². The van der Waals surface area contributed by atoms with Gasteiger partial charge in [-0.3, -0.25) is 0 Å². The number of rotatable bonds is 7. The fourth-order valence-electron chi connectivity index (χ4n) is 2.09. The quantitative estimate of drug-likeness (QED) is 0.775. The van der Waals surface area contributed by atoms with Crippen LogP contribution in [-0.4, -0.2) is 21.6 Å². The molecular weight excluding hydrogens is 334 g/mol. The van der Waals surface area contributed by atoms with Crippen molar-refractivity contribution in [1.82, 2.24) is 4.72 Å². The number of ether oxygens (including phenoxy) is 1. The minimum atomic E-state index is -3.39. The van der Waals surface area contributed by atoms with E-state index in [4.69, 9.17) is 16.3 Å². The van der Waals surface area contributed by atoms with E-state index >= 15 is 0 Å². The van der Waals surface area contributed by atoms with E-state index in [-0.39, 0.29) is 18.9 Å². The van der Waals surface area contributed by atoms with Crippen molar-refractivity contribution >= 4 is 21.6 Å². The maximum absolute atomic E-state index is 12.0. The minimum absolute atomic E-state index is 0.0758. The van der Waals surface area contributed by atoms with E-state index in [0.717, 1.165) is 16.9 Å². The molecule has 0 aliphatic carbocycles. The Labute approximate surface area is 142 Å². The van der Waals surface area contributed by atoms with Gasteiger partial charge in [0.25, 0.3) is 0 Å². The highest BCUT2D eigenvalue weighted by molar-refractivity contribution is 7.88. The number of aryl methyl sites for hydroxylation is 1. The Kier molecular flexibility index (Phi) is 6.04. The lowest BCUT2D eigenvalue weighted by Crippen LogP contribution is -2.29. The van der Waals surface area contributed by atoms with Crippen molar-refractivity contribution in [2.75, 3.05) is 13.2 Å². The number of hydrogen-bond donors (Lipinski definition) is 1. The first-order chi connectivity index (χ1) is 10.9. The SMILES string of the molecule is Cc1cccc(OCCNS(=O)(=O)Cc2ccc(Cl)cc2)c1C. The number of halogens is 1. The summed E-state index contributed by atoms with van der Waals surface area (Å²) in [7, 11) is -3.39. The molecule has 4 nitrogen and oxygen atoms in total. The molecule has 0 radical (unpaired) electrons. The number of sulfonamides is 1. The molecule has 0 fully saturated rings. The van der Waals surface area contributed by atoms with E-state index < -0.39 is 10.0 Å². The van der Waals surface area contributed by atoms with E-state index in [0.29, 0.717) is 10.6 Å². The van der Waals surface area contributed by atoms with Gasteiger partial charge in [0.1, 0.15) is 12.4 Å². The van der Waals surface area contributed by atoms with Crippen LogP contribution in [-0.2, 0) is 15.8 Å². The maximum atomic E-state index is 12.0. The molecule has 0 unspecified atom stereocenters. The first-order valence-electron chi connectivity index (χ1n) is 7.28. The average Bonchev–Trinajstić information content (AvgIpc) is 2.50. The van der Waals surface area contributed by atoms with Gasteiger partial charge in [0.2, 0.25) is 10.0 Å². The smallest absolute Gasteiger partial charge is 0.215 e. The van der Waals surface area contributed by atoms with Gasteiger partial charge in [0.15, 0.2) is 0 Å². The molecule has 23 heavy (non-hydrogen) atoms. The fourth-order valence-corrected chi connectivity index (χ4v) is 3.34. The highest BCUT2D eigenvalue weighted by atomic mass is 35.5. The van der Waals surface area contributed by atoms with Crippen LogP contribution in [0.15, 0.2) is 42.5 Å². The van der Waals surface area contributed by atoms with Gasteiger partial charge >= 0.3 is 0 Å². The Bertz CT molecular complexity index is 758. The molecule has 6 heteroatoms. The van der Waals surface area contributed by atoms with Crippen LogP contribution < -0.4 is 9.46 Å². The Hall–Kier alpha value is -1.56. The van der Waals surface area contributed by atoms with Gasteiger partial charge in [-0.15, -0.1) is 0 Å². The summed E-state index contributed by atoms with van der Waals surface area (Å²) in [6.07, 6.45) is 0. The van der Waals surface area contributed by atoms with Crippen molar-refractivity contribution in [3.63, 3.8) is 0 Å². The van der Waals surface area contributed by atoms with Gasteiger partial charge in [0.05, 0.1) is 5.75 Å². The second-order valence-corrected chi connectivity index (χ2v) is 7.57. The van der Waals surface area contributed by atoms with Gasteiger partial charge in [-0.1, -0.05) is 35.9 Å². The number of hydrogen-bond acceptors (Lipinski definition) is 3. The highest BCUT2D eigenvalue weighted by Gasteiger charge is 2.11. The van der Waals surface area contributed by atoms with Gasteiger partial charge < -0.3 is 4.74 Å². The molecule has 124 valence electrons. The molecule has 0 bridgehead atoms. The Balaban J connectivity index is 1.83. The molecule has 0 aliphatic rings. The van der Waals surface area contributed by atoms with Crippen LogP contribution in [0.2, 0.25) is 5.02 Å². The number of benzene rings is 2. The van der Waals surface area contributed by atoms with Crippen molar-refractivity contribution < 1.29 is 13.2 Å². The van der Waals surface area contributed by atoms with Crippen molar-refractivity contribution in [2.45, 2.75) is 19.6 Å². The molecule has 0 atom stereocenters. The first kappa shape index (κ1) is 17.8.